The molecule has 0 fully saturated rings. The highest BCUT2D eigenvalue weighted by Gasteiger charge is 2.03. The molecule has 4 nitrogen and oxygen atoms in total. The second kappa shape index (κ2) is 9.37. The molecule has 0 bridgehead atoms. The first-order valence-electron chi connectivity index (χ1n) is 8.49. The van der Waals surface area contributed by atoms with Crippen LogP contribution in [0.25, 0.3) is 0 Å². The summed E-state index contributed by atoms with van der Waals surface area (Å²) in [5.41, 5.74) is 7.64. The van der Waals surface area contributed by atoms with E-state index in [1.54, 1.807) is 30.5 Å². The molecule has 0 atom stereocenters. The van der Waals surface area contributed by atoms with Gasteiger partial charge in [0.2, 0.25) is 0 Å². The van der Waals surface area contributed by atoms with Crippen LogP contribution < -0.4 is 10.5 Å². The maximum absolute atomic E-state index is 14.0. The molecule has 1 aromatic heterocycles. The van der Waals surface area contributed by atoms with E-state index in [0.717, 1.165) is 5.56 Å². The molecule has 0 aliphatic carbocycles. The first-order valence-corrected chi connectivity index (χ1v) is 8.49. The predicted molar refractivity (Wildman–Crippen MR) is 103 cm³/mol. The Bertz CT molecular complexity index is 949. The average molecular weight is 362 g/mol. The molecule has 0 radical (unpaired) electrons. The lowest BCUT2D eigenvalue weighted by Gasteiger charge is -2.08. The number of halogens is 1. The maximum atomic E-state index is 14.0. The summed E-state index contributed by atoms with van der Waals surface area (Å²) in [5.74, 6) is 6.04. The van der Waals surface area contributed by atoms with Gasteiger partial charge in [-0.2, -0.15) is 0 Å². The molecule has 1 heterocycles. The Morgan fingerprint density at radius 3 is 2.56 bits per heavy atom. The molecule has 0 unspecified atom stereocenters. The van der Waals surface area contributed by atoms with Crippen LogP contribution in [0.4, 0.5) is 10.2 Å². The summed E-state index contributed by atoms with van der Waals surface area (Å²) in [6.45, 7) is 1.32. The molecule has 5 heteroatoms. The van der Waals surface area contributed by atoms with Crippen molar-refractivity contribution in [2.24, 2.45) is 0 Å². The van der Waals surface area contributed by atoms with Gasteiger partial charge in [0.1, 0.15) is 24.0 Å². The molecule has 27 heavy (non-hydrogen) atoms. The van der Waals surface area contributed by atoms with Gasteiger partial charge < -0.3 is 15.2 Å². The molecular formula is C22H19FN2O2. The van der Waals surface area contributed by atoms with Gasteiger partial charge in [0.15, 0.2) is 0 Å². The van der Waals surface area contributed by atoms with Gasteiger partial charge >= 0.3 is 0 Å². The normalized spacial score (nSPS) is 10.1. The average Bonchev–Trinajstić information content (AvgIpc) is 2.70. The minimum atomic E-state index is -0.419. The van der Waals surface area contributed by atoms with Gasteiger partial charge in [-0.25, -0.2) is 9.37 Å². The molecular weight excluding hydrogens is 343 g/mol. The number of benzene rings is 2. The van der Waals surface area contributed by atoms with Crippen molar-refractivity contribution in [3.05, 3.63) is 89.4 Å². The Morgan fingerprint density at radius 2 is 1.74 bits per heavy atom. The second-order valence-electron chi connectivity index (χ2n) is 5.71. The van der Waals surface area contributed by atoms with Crippen LogP contribution in [0, 0.1) is 17.7 Å². The lowest BCUT2D eigenvalue weighted by Crippen LogP contribution is -2.07. The molecule has 0 spiro atoms. The summed E-state index contributed by atoms with van der Waals surface area (Å²) in [7, 11) is 0. The first-order chi connectivity index (χ1) is 13.2. The lowest BCUT2D eigenvalue weighted by molar-refractivity contribution is 0.0889. The molecule has 3 rings (SSSR count). The van der Waals surface area contributed by atoms with Crippen molar-refractivity contribution in [2.75, 3.05) is 18.9 Å². The topological polar surface area (TPSA) is 57.4 Å². The van der Waals surface area contributed by atoms with Crippen molar-refractivity contribution in [1.29, 1.82) is 0 Å². The number of hydrogen-bond donors (Lipinski definition) is 1. The summed E-state index contributed by atoms with van der Waals surface area (Å²) >= 11 is 0. The fraction of sp³-hybridized carbons (Fsp3) is 0.136. The summed E-state index contributed by atoms with van der Waals surface area (Å²) in [6.07, 6.45) is 1.58. The number of nitrogen functional groups attached to an aromatic ring is 1. The first kappa shape index (κ1) is 18.4. The van der Waals surface area contributed by atoms with Gasteiger partial charge in [0, 0.05) is 6.20 Å². The molecule has 0 aliphatic rings. The van der Waals surface area contributed by atoms with Gasteiger partial charge in [0.05, 0.1) is 24.3 Å². The third-order valence-corrected chi connectivity index (χ3v) is 3.72. The molecule has 0 amide bonds. The summed E-state index contributed by atoms with van der Waals surface area (Å²) in [4.78, 5) is 3.95. The predicted octanol–water partition coefficient (Wildman–Crippen LogP) is 3.80. The van der Waals surface area contributed by atoms with E-state index in [1.807, 2.05) is 30.3 Å². The van der Waals surface area contributed by atoms with E-state index in [4.69, 9.17) is 15.2 Å². The minimum Gasteiger partial charge on any atom is -0.491 e. The number of pyridine rings is 1. The number of nitrogens with zero attached hydrogens (tertiary/aromatic N) is 1. The van der Waals surface area contributed by atoms with Crippen LogP contribution in [0.3, 0.4) is 0 Å². The fourth-order valence-electron chi connectivity index (χ4n) is 2.33. The molecule has 136 valence electrons. The zero-order valence-electron chi connectivity index (χ0n) is 14.7. The molecule has 2 aromatic carbocycles. The number of rotatable bonds is 6. The zero-order valence-corrected chi connectivity index (χ0v) is 14.7. The van der Waals surface area contributed by atoms with Gasteiger partial charge in [-0.15, -0.1) is 0 Å². The highest BCUT2D eigenvalue weighted by atomic mass is 19.1. The van der Waals surface area contributed by atoms with E-state index in [1.165, 1.54) is 6.07 Å². The number of anilines is 1. The van der Waals surface area contributed by atoms with Gasteiger partial charge in [-0.05, 0) is 35.9 Å². The number of aromatic nitrogens is 1. The summed E-state index contributed by atoms with van der Waals surface area (Å²) < 4.78 is 25.2. The van der Waals surface area contributed by atoms with Crippen LogP contribution in [0.1, 0.15) is 16.7 Å². The highest BCUT2D eigenvalue weighted by molar-refractivity contribution is 5.53. The number of nitrogens with two attached hydrogens (primary N) is 1. The minimum absolute atomic E-state index is 0.237. The fourth-order valence-corrected chi connectivity index (χ4v) is 2.33. The Kier molecular flexibility index (Phi) is 6.40. The van der Waals surface area contributed by atoms with Crippen LogP contribution in [0.2, 0.25) is 0 Å². The molecule has 0 saturated heterocycles. The monoisotopic (exact) mass is 362 g/mol. The lowest BCUT2D eigenvalue weighted by atomic mass is 10.2. The molecule has 0 saturated carbocycles. The van der Waals surface area contributed by atoms with Crippen molar-refractivity contribution in [3.8, 4) is 17.6 Å². The van der Waals surface area contributed by atoms with Crippen LogP contribution in [-0.4, -0.2) is 18.2 Å². The Balaban J connectivity index is 1.55. The smallest absolute Gasteiger partial charge is 0.139 e. The van der Waals surface area contributed by atoms with Crippen LogP contribution in [-0.2, 0) is 11.3 Å². The van der Waals surface area contributed by atoms with Crippen LogP contribution in [0.5, 0.6) is 5.75 Å². The molecule has 0 aliphatic heterocycles. The van der Waals surface area contributed by atoms with Crippen molar-refractivity contribution < 1.29 is 13.9 Å². The largest absolute Gasteiger partial charge is 0.491 e. The Labute approximate surface area is 157 Å². The van der Waals surface area contributed by atoms with E-state index >= 15 is 0 Å². The van der Waals surface area contributed by atoms with Crippen LogP contribution in [0.15, 0.2) is 66.9 Å². The highest BCUT2D eigenvalue weighted by Crippen LogP contribution is 2.17. The van der Waals surface area contributed by atoms with Gasteiger partial charge in [-0.3, -0.25) is 0 Å². The number of ether oxygens (including phenoxy) is 2. The zero-order chi connectivity index (χ0) is 18.9. The standard InChI is InChI=1S/C22H19FN2O2/c23-21-11-10-20(27-14-13-26-16-17-5-2-1-3-6-17)15-19(21)9-8-18-7-4-12-25-22(18)24/h1-7,10-12,15H,13-14,16H2,(H2,24,25). The van der Waals surface area contributed by atoms with Crippen molar-refractivity contribution in [3.63, 3.8) is 0 Å². The third kappa shape index (κ3) is 5.56. The van der Waals surface area contributed by atoms with Gasteiger partial charge in [0.25, 0.3) is 0 Å². The Hall–Kier alpha value is -3.36. The van der Waals surface area contributed by atoms with Crippen molar-refractivity contribution in [2.45, 2.75) is 6.61 Å². The van der Waals surface area contributed by atoms with Crippen molar-refractivity contribution in [1.82, 2.24) is 4.98 Å². The molecule has 2 N–H and O–H groups in total. The van der Waals surface area contributed by atoms with E-state index in [9.17, 15) is 4.39 Å². The van der Waals surface area contributed by atoms with Crippen molar-refractivity contribution >= 4 is 5.82 Å². The van der Waals surface area contributed by atoms with E-state index in [2.05, 4.69) is 16.8 Å². The van der Waals surface area contributed by atoms with Crippen LogP contribution >= 0.6 is 0 Å². The third-order valence-electron chi connectivity index (χ3n) is 3.72. The summed E-state index contributed by atoms with van der Waals surface area (Å²) in [5, 5.41) is 0. The quantitative estimate of drug-likeness (QED) is 0.535. The maximum Gasteiger partial charge on any atom is 0.139 e. The Morgan fingerprint density at radius 1 is 0.926 bits per heavy atom. The van der Waals surface area contributed by atoms with Gasteiger partial charge in [-0.1, -0.05) is 42.2 Å². The van der Waals surface area contributed by atoms with E-state index in [0.29, 0.717) is 37.0 Å². The number of hydrogen-bond acceptors (Lipinski definition) is 4. The second-order valence-corrected chi connectivity index (χ2v) is 5.71. The summed E-state index contributed by atoms with van der Waals surface area (Å²) in [6, 6.07) is 17.8. The van der Waals surface area contributed by atoms with E-state index in [-0.39, 0.29) is 5.56 Å². The molecule has 3 aromatic rings. The van der Waals surface area contributed by atoms with E-state index < -0.39 is 5.82 Å². The SMILES string of the molecule is Nc1ncccc1C#Cc1cc(OCCOCc2ccccc2)ccc1F.